The van der Waals surface area contributed by atoms with Crippen molar-refractivity contribution >= 4 is 40.8 Å². The molecule has 4 N–H and O–H groups in total. The van der Waals surface area contributed by atoms with Crippen molar-refractivity contribution < 1.29 is 9.59 Å². The molecular weight excluding hydrogens is 349 g/mol. The summed E-state index contributed by atoms with van der Waals surface area (Å²) >= 11 is 12.0. The Labute approximate surface area is 150 Å². The number of carbonyl (C=O) groups is 2. The maximum Gasteiger partial charge on any atom is 0.319 e. The van der Waals surface area contributed by atoms with E-state index in [0.29, 0.717) is 21.3 Å². The third-order valence-electron chi connectivity index (χ3n) is 3.54. The van der Waals surface area contributed by atoms with Crippen LogP contribution in [0.2, 0.25) is 10.0 Å². The zero-order valence-electron chi connectivity index (χ0n) is 13.2. The molecule has 3 amide bonds. The molecule has 0 spiro atoms. The summed E-state index contributed by atoms with van der Waals surface area (Å²) in [5.74, 6) is -0.544. The number of anilines is 1. The lowest BCUT2D eigenvalue weighted by molar-refractivity contribution is 0.0999. The van der Waals surface area contributed by atoms with Crippen LogP contribution in [-0.4, -0.2) is 11.9 Å². The lowest BCUT2D eigenvalue weighted by Crippen LogP contribution is -2.31. The quantitative estimate of drug-likeness (QED) is 0.754. The van der Waals surface area contributed by atoms with E-state index in [2.05, 4.69) is 10.6 Å². The highest BCUT2D eigenvalue weighted by molar-refractivity contribution is 6.35. The van der Waals surface area contributed by atoms with Gasteiger partial charge in [-0.05, 0) is 49.2 Å². The summed E-state index contributed by atoms with van der Waals surface area (Å²) in [6.45, 7) is 3.58. The van der Waals surface area contributed by atoms with E-state index in [-0.39, 0.29) is 6.04 Å². The molecule has 0 radical (unpaired) electrons. The SMILES string of the molecule is Cc1ccc(NC(=O)NC(C)c2ccc(Cl)cc2Cl)cc1C(N)=O. The molecule has 126 valence electrons. The third kappa shape index (κ3) is 4.40. The number of hydrogen-bond donors (Lipinski definition) is 3. The number of amides is 3. The maximum absolute atomic E-state index is 12.1. The van der Waals surface area contributed by atoms with E-state index in [0.717, 1.165) is 11.1 Å². The minimum Gasteiger partial charge on any atom is -0.366 e. The first kappa shape index (κ1) is 18.1. The van der Waals surface area contributed by atoms with Crippen molar-refractivity contribution in [2.24, 2.45) is 5.73 Å². The summed E-state index contributed by atoms with van der Waals surface area (Å²) in [7, 11) is 0. The monoisotopic (exact) mass is 365 g/mol. The summed E-state index contributed by atoms with van der Waals surface area (Å²) in [4.78, 5) is 23.5. The highest BCUT2D eigenvalue weighted by Gasteiger charge is 2.14. The van der Waals surface area contributed by atoms with Gasteiger partial charge in [0.1, 0.15) is 0 Å². The minimum atomic E-state index is -0.544. The molecule has 0 heterocycles. The Hall–Kier alpha value is -2.24. The van der Waals surface area contributed by atoms with Crippen LogP contribution >= 0.6 is 23.2 Å². The van der Waals surface area contributed by atoms with Crippen molar-refractivity contribution in [3.8, 4) is 0 Å². The second-order valence-corrected chi connectivity index (χ2v) is 6.22. The highest BCUT2D eigenvalue weighted by Crippen LogP contribution is 2.26. The van der Waals surface area contributed by atoms with Gasteiger partial charge >= 0.3 is 6.03 Å². The van der Waals surface area contributed by atoms with E-state index in [1.54, 1.807) is 44.2 Å². The van der Waals surface area contributed by atoms with Gasteiger partial charge in [-0.25, -0.2) is 4.79 Å². The smallest absolute Gasteiger partial charge is 0.319 e. The number of aryl methyl sites for hydroxylation is 1. The second-order valence-electron chi connectivity index (χ2n) is 5.38. The summed E-state index contributed by atoms with van der Waals surface area (Å²) in [5.41, 5.74) is 7.64. The van der Waals surface area contributed by atoms with E-state index >= 15 is 0 Å². The second kappa shape index (κ2) is 7.55. The molecule has 2 aromatic carbocycles. The van der Waals surface area contributed by atoms with Gasteiger partial charge in [-0.15, -0.1) is 0 Å². The van der Waals surface area contributed by atoms with Crippen LogP contribution in [0.5, 0.6) is 0 Å². The van der Waals surface area contributed by atoms with Crippen molar-refractivity contribution in [1.29, 1.82) is 0 Å². The first-order valence-electron chi connectivity index (χ1n) is 7.21. The number of hydrogen-bond acceptors (Lipinski definition) is 2. The van der Waals surface area contributed by atoms with Gasteiger partial charge in [0.25, 0.3) is 0 Å². The molecule has 0 saturated heterocycles. The van der Waals surface area contributed by atoms with Crippen LogP contribution in [0.25, 0.3) is 0 Å². The summed E-state index contributed by atoms with van der Waals surface area (Å²) in [5, 5.41) is 6.44. The minimum absolute atomic E-state index is 0.323. The predicted molar refractivity (Wildman–Crippen MR) is 96.7 cm³/mol. The molecule has 0 aliphatic rings. The van der Waals surface area contributed by atoms with Crippen LogP contribution in [0.15, 0.2) is 36.4 Å². The number of halogens is 2. The largest absolute Gasteiger partial charge is 0.366 e. The number of nitrogens with two attached hydrogens (primary N) is 1. The van der Waals surface area contributed by atoms with Crippen molar-refractivity contribution in [2.75, 3.05) is 5.32 Å². The number of carbonyl (C=O) groups excluding carboxylic acids is 2. The Morgan fingerprint density at radius 2 is 1.83 bits per heavy atom. The number of nitrogens with one attached hydrogen (secondary N) is 2. The summed E-state index contributed by atoms with van der Waals surface area (Å²) in [6.07, 6.45) is 0. The van der Waals surface area contributed by atoms with Gasteiger partial charge in [-0.2, -0.15) is 0 Å². The molecule has 0 fully saturated rings. The fourth-order valence-electron chi connectivity index (χ4n) is 2.26. The Balaban J connectivity index is 2.08. The summed E-state index contributed by atoms with van der Waals surface area (Å²) in [6, 6.07) is 9.29. The molecule has 24 heavy (non-hydrogen) atoms. The fourth-order valence-corrected chi connectivity index (χ4v) is 2.83. The average molecular weight is 366 g/mol. The van der Waals surface area contributed by atoms with Crippen molar-refractivity contribution in [3.05, 3.63) is 63.1 Å². The Kier molecular flexibility index (Phi) is 5.70. The molecule has 2 rings (SSSR count). The van der Waals surface area contributed by atoms with Gasteiger partial charge in [0, 0.05) is 21.3 Å². The average Bonchev–Trinajstić information content (AvgIpc) is 2.48. The molecule has 0 bridgehead atoms. The first-order chi connectivity index (χ1) is 11.3. The molecule has 1 atom stereocenters. The summed E-state index contributed by atoms with van der Waals surface area (Å²) < 4.78 is 0. The van der Waals surface area contributed by atoms with Crippen LogP contribution in [0.1, 0.15) is 34.5 Å². The van der Waals surface area contributed by atoms with E-state index in [9.17, 15) is 9.59 Å². The fraction of sp³-hybridized carbons (Fsp3) is 0.176. The molecule has 2 aromatic rings. The van der Waals surface area contributed by atoms with E-state index in [1.807, 2.05) is 0 Å². The zero-order chi connectivity index (χ0) is 17.9. The number of benzene rings is 2. The predicted octanol–water partition coefficient (Wildman–Crippen LogP) is 4.28. The van der Waals surface area contributed by atoms with Gasteiger partial charge in [-0.3, -0.25) is 4.79 Å². The standard InChI is InChI=1S/C17H17Cl2N3O2/c1-9-3-5-12(8-14(9)16(20)23)22-17(24)21-10(2)13-6-4-11(18)7-15(13)19/h3-8,10H,1-2H3,(H2,20,23)(H2,21,22,24). The third-order valence-corrected chi connectivity index (χ3v) is 4.10. The van der Waals surface area contributed by atoms with E-state index in [1.165, 1.54) is 6.07 Å². The molecular formula is C17H17Cl2N3O2. The van der Waals surface area contributed by atoms with Crippen molar-refractivity contribution in [3.63, 3.8) is 0 Å². The molecule has 0 aliphatic carbocycles. The Morgan fingerprint density at radius 3 is 2.46 bits per heavy atom. The molecule has 0 aliphatic heterocycles. The maximum atomic E-state index is 12.1. The molecule has 1 unspecified atom stereocenters. The number of primary amides is 1. The first-order valence-corrected chi connectivity index (χ1v) is 7.96. The topological polar surface area (TPSA) is 84.2 Å². The van der Waals surface area contributed by atoms with Crippen LogP contribution in [-0.2, 0) is 0 Å². The van der Waals surface area contributed by atoms with Crippen molar-refractivity contribution in [2.45, 2.75) is 19.9 Å². The van der Waals surface area contributed by atoms with Crippen LogP contribution in [0.3, 0.4) is 0 Å². The lowest BCUT2D eigenvalue weighted by atomic mass is 10.1. The van der Waals surface area contributed by atoms with Gasteiger partial charge < -0.3 is 16.4 Å². The van der Waals surface area contributed by atoms with Crippen molar-refractivity contribution in [1.82, 2.24) is 5.32 Å². The molecule has 5 nitrogen and oxygen atoms in total. The zero-order valence-corrected chi connectivity index (χ0v) is 14.7. The van der Waals surface area contributed by atoms with E-state index < -0.39 is 11.9 Å². The molecule has 0 aromatic heterocycles. The Bertz CT molecular complexity index is 793. The molecule has 0 saturated carbocycles. The Morgan fingerprint density at radius 1 is 1.12 bits per heavy atom. The van der Waals surface area contributed by atoms with Gasteiger partial charge in [0.05, 0.1) is 6.04 Å². The molecule has 7 heteroatoms. The number of urea groups is 1. The van der Waals surface area contributed by atoms with Gasteiger partial charge in [0.15, 0.2) is 0 Å². The van der Waals surface area contributed by atoms with Gasteiger partial charge in [-0.1, -0.05) is 35.3 Å². The van der Waals surface area contributed by atoms with Crippen LogP contribution in [0, 0.1) is 6.92 Å². The van der Waals surface area contributed by atoms with Crippen LogP contribution < -0.4 is 16.4 Å². The van der Waals surface area contributed by atoms with Crippen LogP contribution in [0.4, 0.5) is 10.5 Å². The lowest BCUT2D eigenvalue weighted by Gasteiger charge is -2.17. The van der Waals surface area contributed by atoms with E-state index in [4.69, 9.17) is 28.9 Å². The highest BCUT2D eigenvalue weighted by atomic mass is 35.5. The van der Waals surface area contributed by atoms with Gasteiger partial charge in [0.2, 0.25) is 5.91 Å². The number of rotatable bonds is 4. The normalized spacial score (nSPS) is 11.7.